The molecule has 2 rings (SSSR count). The fourth-order valence-electron chi connectivity index (χ4n) is 2.26. The summed E-state index contributed by atoms with van der Waals surface area (Å²) in [5.74, 6) is -0.568. The maximum absolute atomic E-state index is 13.8. The topological polar surface area (TPSA) is 40.5 Å². The van der Waals surface area contributed by atoms with Crippen LogP contribution in [0.25, 0.3) is 0 Å². The SMILES string of the molecule is CC(=O)c1cccc(F)c1N1CCC(C)(O)C1. The number of ketones is 1. The molecular formula is C13H16FNO2. The van der Waals surface area contributed by atoms with E-state index < -0.39 is 11.4 Å². The minimum Gasteiger partial charge on any atom is -0.388 e. The Morgan fingerprint density at radius 2 is 2.24 bits per heavy atom. The van der Waals surface area contributed by atoms with Crippen molar-refractivity contribution in [3.05, 3.63) is 29.6 Å². The number of Topliss-reactive ketones (excluding diaryl/α,β-unsaturated/α-hetero) is 1. The van der Waals surface area contributed by atoms with E-state index >= 15 is 0 Å². The number of hydrogen-bond donors (Lipinski definition) is 1. The molecule has 0 bridgehead atoms. The first kappa shape index (κ1) is 12.0. The lowest BCUT2D eigenvalue weighted by Gasteiger charge is -2.23. The lowest BCUT2D eigenvalue weighted by Crippen LogP contribution is -2.30. The number of benzene rings is 1. The summed E-state index contributed by atoms with van der Waals surface area (Å²) in [5, 5.41) is 9.90. The van der Waals surface area contributed by atoms with E-state index in [0.29, 0.717) is 30.8 Å². The molecule has 0 aromatic heterocycles. The first-order valence-electron chi connectivity index (χ1n) is 5.67. The number of rotatable bonds is 2. The van der Waals surface area contributed by atoms with Gasteiger partial charge in [0.15, 0.2) is 5.78 Å². The van der Waals surface area contributed by atoms with Gasteiger partial charge in [-0.2, -0.15) is 0 Å². The summed E-state index contributed by atoms with van der Waals surface area (Å²) in [6.07, 6.45) is 0.582. The molecule has 1 unspecified atom stereocenters. The van der Waals surface area contributed by atoms with Crippen molar-refractivity contribution >= 4 is 11.5 Å². The van der Waals surface area contributed by atoms with Gasteiger partial charge in [0.25, 0.3) is 0 Å². The van der Waals surface area contributed by atoms with Crippen LogP contribution < -0.4 is 4.90 Å². The van der Waals surface area contributed by atoms with E-state index in [1.807, 2.05) is 0 Å². The number of anilines is 1. The molecule has 0 aliphatic carbocycles. The summed E-state index contributed by atoms with van der Waals surface area (Å²) in [6.45, 7) is 4.07. The van der Waals surface area contributed by atoms with Gasteiger partial charge in [-0.15, -0.1) is 0 Å². The second kappa shape index (κ2) is 4.11. The Hall–Kier alpha value is -1.42. The molecule has 0 radical (unpaired) electrons. The Labute approximate surface area is 99.9 Å². The molecule has 1 fully saturated rings. The molecule has 17 heavy (non-hydrogen) atoms. The first-order chi connectivity index (χ1) is 7.91. The molecule has 1 aliphatic heterocycles. The molecule has 3 nitrogen and oxygen atoms in total. The molecule has 92 valence electrons. The van der Waals surface area contributed by atoms with Gasteiger partial charge in [-0.3, -0.25) is 4.79 Å². The molecular weight excluding hydrogens is 221 g/mol. The Bertz CT molecular complexity index is 457. The Morgan fingerprint density at radius 1 is 1.53 bits per heavy atom. The van der Waals surface area contributed by atoms with Crippen LogP contribution in [0.1, 0.15) is 30.6 Å². The van der Waals surface area contributed by atoms with Crippen molar-refractivity contribution in [3.63, 3.8) is 0 Å². The third-order valence-electron chi connectivity index (χ3n) is 3.13. The van der Waals surface area contributed by atoms with E-state index in [2.05, 4.69) is 0 Å². The molecule has 1 aromatic rings. The number of hydrogen-bond acceptors (Lipinski definition) is 3. The number of nitrogens with zero attached hydrogens (tertiary/aromatic N) is 1. The summed E-state index contributed by atoms with van der Waals surface area (Å²) in [7, 11) is 0. The Morgan fingerprint density at radius 3 is 2.76 bits per heavy atom. The van der Waals surface area contributed by atoms with Crippen LogP contribution in [0.2, 0.25) is 0 Å². The lowest BCUT2D eigenvalue weighted by atomic mass is 10.1. The second-order valence-corrected chi connectivity index (χ2v) is 4.86. The van der Waals surface area contributed by atoms with Gasteiger partial charge in [-0.05, 0) is 32.4 Å². The summed E-state index contributed by atoms with van der Waals surface area (Å²) < 4.78 is 13.8. The maximum atomic E-state index is 13.8. The Balaban J connectivity index is 2.42. The normalized spacial score (nSPS) is 24.1. The number of para-hydroxylation sites is 1. The van der Waals surface area contributed by atoms with Crippen LogP contribution in [0, 0.1) is 5.82 Å². The fourth-order valence-corrected chi connectivity index (χ4v) is 2.26. The first-order valence-corrected chi connectivity index (χ1v) is 5.67. The maximum Gasteiger partial charge on any atom is 0.161 e. The zero-order valence-electron chi connectivity index (χ0n) is 10.0. The van der Waals surface area contributed by atoms with E-state index in [1.165, 1.54) is 19.1 Å². The van der Waals surface area contributed by atoms with Gasteiger partial charge in [0.05, 0.1) is 11.3 Å². The average molecular weight is 237 g/mol. The molecule has 1 N–H and O–H groups in total. The summed E-state index contributed by atoms with van der Waals surface area (Å²) in [6, 6.07) is 4.49. The van der Waals surface area contributed by atoms with Crippen molar-refractivity contribution in [2.45, 2.75) is 25.9 Å². The number of aliphatic hydroxyl groups is 1. The van der Waals surface area contributed by atoms with Crippen molar-refractivity contribution in [1.82, 2.24) is 0 Å². The van der Waals surface area contributed by atoms with Gasteiger partial charge in [-0.1, -0.05) is 6.07 Å². The molecule has 1 atom stereocenters. The highest BCUT2D eigenvalue weighted by Crippen LogP contribution is 2.31. The lowest BCUT2D eigenvalue weighted by molar-refractivity contribution is 0.0838. The zero-order valence-corrected chi connectivity index (χ0v) is 10.0. The van der Waals surface area contributed by atoms with E-state index in [9.17, 15) is 14.3 Å². The van der Waals surface area contributed by atoms with Gasteiger partial charge < -0.3 is 10.0 Å². The predicted octanol–water partition coefficient (Wildman–Crippen LogP) is 1.99. The minimum absolute atomic E-state index is 0.161. The highest BCUT2D eigenvalue weighted by Gasteiger charge is 2.33. The van der Waals surface area contributed by atoms with Gasteiger partial charge in [0, 0.05) is 18.7 Å². The number of carbonyl (C=O) groups excluding carboxylic acids is 1. The smallest absolute Gasteiger partial charge is 0.161 e. The quantitative estimate of drug-likeness (QED) is 0.800. The van der Waals surface area contributed by atoms with Crippen LogP contribution >= 0.6 is 0 Å². The van der Waals surface area contributed by atoms with E-state index in [0.717, 1.165) is 0 Å². The van der Waals surface area contributed by atoms with Crippen LogP contribution in [0.3, 0.4) is 0 Å². The van der Waals surface area contributed by atoms with Crippen LogP contribution in [0.5, 0.6) is 0 Å². The molecule has 1 aromatic carbocycles. The summed E-state index contributed by atoms with van der Waals surface area (Å²) in [4.78, 5) is 13.2. The average Bonchev–Trinajstić information content (AvgIpc) is 2.58. The molecule has 0 saturated carbocycles. The highest BCUT2D eigenvalue weighted by atomic mass is 19.1. The standard InChI is InChI=1S/C13H16FNO2/c1-9(16)10-4-3-5-11(14)12(10)15-7-6-13(2,17)8-15/h3-5,17H,6-8H2,1-2H3. The van der Waals surface area contributed by atoms with E-state index in [1.54, 1.807) is 17.9 Å². The van der Waals surface area contributed by atoms with E-state index in [-0.39, 0.29) is 5.78 Å². The molecule has 1 aliphatic rings. The summed E-state index contributed by atoms with van der Waals surface area (Å²) in [5.41, 5.74) is -0.114. The fraction of sp³-hybridized carbons (Fsp3) is 0.462. The zero-order chi connectivity index (χ0) is 12.6. The van der Waals surface area contributed by atoms with Crippen LogP contribution in [-0.2, 0) is 0 Å². The molecule has 4 heteroatoms. The summed E-state index contributed by atoms with van der Waals surface area (Å²) >= 11 is 0. The van der Waals surface area contributed by atoms with Crippen molar-refractivity contribution in [2.75, 3.05) is 18.0 Å². The van der Waals surface area contributed by atoms with E-state index in [4.69, 9.17) is 0 Å². The third kappa shape index (κ3) is 2.31. The predicted molar refractivity (Wildman–Crippen MR) is 63.9 cm³/mol. The number of β-amino-alcohol motifs (C(OH)–C–C–N with tert-alkyl or cyclic N) is 1. The number of carbonyl (C=O) groups is 1. The van der Waals surface area contributed by atoms with Gasteiger partial charge in [0.2, 0.25) is 0 Å². The van der Waals surface area contributed by atoms with Crippen molar-refractivity contribution in [3.8, 4) is 0 Å². The third-order valence-corrected chi connectivity index (χ3v) is 3.13. The molecule has 0 amide bonds. The second-order valence-electron chi connectivity index (χ2n) is 4.86. The Kier molecular flexibility index (Phi) is 2.91. The largest absolute Gasteiger partial charge is 0.388 e. The van der Waals surface area contributed by atoms with Crippen LogP contribution in [-0.4, -0.2) is 29.6 Å². The minimum atomic E-state index is -0.809. The van der Waals surface area contributed by atoms with Crippen LogP contribution in [0.15, 0.2) is 18.2 Å². The molecule has 1 heterocycles. The molecule has 1 saturated heterocycles. The van der Waals surface area contributed by atoms with Crippen LogP contribution in [0.4, 0.5) is 10.1 Å². The number of halogens is 1. The van der Waals surface area contributed by atoms with Crippen molar-refractivity contribution in [2.24, 2.45) is 0 Å². The molecule has 0 spiro atoms. The van der Waals surface area contributed by atoms with Crippen molar-refractivity contribution < 1.29 is 14.3 Å². The highest BCUT2D eigenvalue weighted by molar-refractivity contribution is 5.99. The monoisotopic (exact) mass is 237 g/mol. The van der Waals surface area contributed by atoms with Gasteiger partial charge >= 0.3 is 0 Å². The van der Waals surface area contributed by atoms with Crippen molar-refractivity contribution in [1.29, 1.82) is 0 Å². The van der Waals surface area contributed by atoms with Gasteiger partial charge in [-0.25, -0.2) is 4.39 Å². The van der Waals surface area contributed by atoms with Gasteiger partial charge in [0.1, 0.15) is 5.82 Å².